The highest BCUT2D eigenvalue weighted by atomic mass is 16.8. The molecule has 6 fully saturated rings. The molecule has 59 heavy (non-hydrogen) atoms. The minimum atomic E-state index is -2.02. The van der Waals surface area contributed by atoms with E-state index in [0.29, 0.717) is 25.7 Å². The number of rotatable bonds is 7. The van der Waals surface area contributed by atoms with Crippen molar-refractivity contribution in [1.82, 2.24) is 0 Å². The molecule has 4 saturated carbocycles. The van der Waals surface area contributed by atoms with Crippen molar-refractivity contribution in [3.8, 4) is 0 Å². The van der Waals surface area contributed by atoms with Crippen LogP contribution in [0, 0.1) is 50.2 Å². The Kier molecular flexibility index (Phi) is 11.2. The van der Waals surface area contributed by atoms with E-state index in [2.05, 4.69) is 27.7 Å². The first-order chi connectivity index (χ1) is 27.3. The van der Waals surface area contributed by atoms with E-state index >= 15 is 0 Å². The number of carboxylic acids is 2. The van der Waals surface area contributed by atoms with Gasteiger partial charge < -0.3 is 59.4 Å². The molecule has 7 rings (SSSR count). The standard InChI is InChI=1S/C43H64O16/c1-38(2)22-9-12-43(7)32(21(44)17-19-20-18-40(4,37(53)54)14-13-39(20,3)15-16-42(19,43)6)41(22,5)11-10-23(38)56-36-31(27(48)26(47)30(58-36)34(52)55-8)59-35-28(49)24(45)25(46)29(57-35)33(50)51/h17,20,22-32,35-36,45-49H,9-16,18H2,1-8H3,(H,50,51)(H,53,54)/t20-,22-,23-,24-,25-,26-,27-,28+,29-,30-,31+,32+,35-,36+,39+,40-,41-,42+,43+/m0/s1. The molecule has 2 heterocycles. The first-order valence-corrected chi connectivity index (χ1v) is 21.1. The van der Waals surface area contributed by atoms with Crippen LogP contribution in [0.4, 0.5) is 0 Å². The van der Waals surface area contributed by atoms with Gasteiger partial charge in [-0.25, -0.2) is 9.59 Å². The molecule has 0 amide bonds. The van der Waals surface area contributed by atoms with Crippen LogP contribution in [-0.4, -0.2) is 134 Å². The third-order valence-electron chi connectivity index (χ3n) is 17.4. The molecule has 0 aromatic rings. The van der Waals surface area contributed by atoms with Crippen molar-refractivity contribution in [2.75, 3.05) is 7.11 Å². The smallest absolute Gasteiger partial charge is 0.337 e. The Morgan fingerprint density at radius 3 is 1.98 bits per heavy atom. The second-order valence-corrected chi connectivity index (χ2v) is 20.8. The van der Waals surface area contributed by atoms with Gasteiger partial charge in [-0.3, -0.25) is 9.59 Å². The molecule has 16 heteroatoms. The van der Waals surface area contributed by atoms with Crippen LogP contribution in [0.2, 0.25) is 0 Å². The minimum absolute atomic E-state index is 0.0132. The van der Waals surface area contributed by atoms with Crippen LogP contribution in [-0.2, 0) is 42.9 Å². The van der Waals surface area contributed by atoms with Crippen molar-refractivity contribution in [1.29, 1.82) is 0 Å². The van der Waals surface area contributed by atoms with Crippen LogP contribution in [0.3, 0.4) is 0 Å². The number of ketones is 1. The van der Waals surface area contributed by atoms with Gasteiger partial charge in [0.05, 0.1) is 18.6 Å². The zero-order valence-corrected chi connectivity index (χ0v) is 35.3. The van der Waals surface area contributed by atoms with Gasteiger partial charge in [0.2, 0.25) is 0 Å². The molecule has 19 atom stereocenters. The van der Waals surface area contributed by atoms with Gasteiger partial charge >= 0.3 is 17.9 Å². The number of methoxy groups -OCH3 is 1. The lowest BCUT2D eigenvalue weighted by atomic mass is 9.33. The number of hydrogen-bond acceptors (Lipinski definition) is 14. The Balaban J connectivity index is 1.18. The van der Waals surface area contributed by atoms with Crippen molar-refractivity contribution < 1.29 is 78.6 Å². The number of carbonyl (C=O) groups excluding carboxylic acids is 2. The topological polar surface area (TPSA) is 256 Å². The van der Waals surface area contributed by atoms with E-state index in [9.17, 15) is 54.9 Å². The normalized spacial score (nSPS) is 51.8. The van der Waals surface area contributed by atoms with Crippen LogP contribution < -0.4 is 0 Å². The second kappa shape index (κ2) is 14.8. The van der Waals surface area contributed by atoms with Gasteiger partial charge in [0.1, 0.15) is 36.6 Å². The number of aliphatic hydroxyl groups is 5. The van der Waals surface area contributed by atoms with Gasteiger partial charge in [-0.1, -0.05) is 47.1 Å². The summed E-state index contributed by atoms with van der Waals surface area (Å²) in [5.74, 6) is -3.79. The number of allylic oxidation sites excluding steroid dienone is 2. The van der Waals surface area contributed by atoms with E-state index in [4.69, 9.17) is 23.7 Å². The lowest BCUT2D eigenvalue weighted by Crippen LogP contribution is -2.68. The van der Waals surface area contributed by atoms with Gasteiger partial charge in [-0.2, -0.15) is 0 Å². The molecular formula is C43H64O16. The predicted octanol–water partition coefficient (Wildman–Crippen LogP) is 2.33. The summed E-state index contributed by atoms with van der Waals surface area (Å²) in [5.41, 5.74) is -1.71. The third kappa shape index (κ3) is 6.56. The number of hydrogen-bond donors (Lipinski definition) is 7. The van der Waals surface area contributed by atoms with Crippen LogP contribution in [0.5, 0.6) is 0 Å². The number of ether oxygens (including phenoxy) is 5. The summed E-state index contributed by atoms with van der Waals surface area (Å²) >= 11 is 0. The van der Waals surface area contributed by atoms with Crippen molar-refractivity contribution in [3.05, 3.63) is 11.6 Å². The lowest BCUT2D eigenvalue weighted by Gasteiger charge is -2.70. The molecule has 0 aromatic heterocycles. The number of fused-ring (bicyclic) bond motifs is 7. The molecule has 332 valence electrons. The van der Waals surface area contributed by atoms with Crippen LogP contribution in [0.25, 0.3) is 0 Å². The first kappa shape index (κ1) is 44.5. The van der Waals surface area contributed by atoms with E-state index in [-0.39, 0.29) is 34.4 Å². The fourth-order valence-corrected chi connectivity index (χ4v) is 13.5. The monoisotopic (exact) mass is 836 g/mol. The van der Waals surface area contributed by atoms with Crippen molar-refractivity contribution in [3.63, 3.8) is 0 Å². The SMILES string of the molecule is COC(=O)[C@H]1O[C@@H](O[C@H]2CC[C@]3(C)[C@H]4C(=O)C=C5[C@@H]6C[C@@](C)(C(=O)O)CC[C@]6(C)CC[C@@]5(C)[C@]4(C)CC[C@H]3C2(C)C)[C@H](O[C@@H]2O[C@H](C(=O)O)[C@@H](O)[C@H](O)[C@H]2O)[C@@H](O)[C@@H]1O. The Hall–Kier alpha value is -2.54. The van der Waals surface area contributed by atoms with Crippen molar-refractivity contribution in [2.24, 2.45) is 50.2 Å². The van der Waals surface area contributed by atoms with Gasteiger partial charge in [0, 0.05) is 5.92 Å². The van der Waals surface area contributed by atoms with E-state index in [1.165, 1.54) is 0 Å². The van der Waals surface area contributed by atoms with Gasteiger partial charge in [-0.15, -0.1) is 0 Å². The predicted molar refractivity (Wildman–Crippen MR) is 204 cm³/mol. The number of carbonyl (C=O) groups is 4. The molecule has 0 bridgehead atoms. The zero-order chi connectivity index (χ0) is 43.6. The second-order valence-electron chi connectivity index (χ2n) is 20.8. The lowest BCUT2D eigenvalue weighted by molar-refractivity contribution is -0.371. The molecule has 0 unspecified atom stereocenters. The highest BCUT2D eigenvalue weighted by Gasteiger charge is 2.71. The first-order valence-electron chi connectivity index (χ1n) is 21.1. The summed E-state index contributed by atoms with van der Waals surface area (Å²) in [4.78, 5) is 52.0. The summed E-state index contributed by atoms with van der Waals surface area (Å²) in [6.07, 6.45) is -11.4. The highest BCUT2D eigenvalue weighted by molar-refractivity contribution is 5.95. The zero-order valence-electron chi connectivity index (χ0n) is 35.3. The number of aliphatic carboxylic acids is 2. The quantitative estimate of drug-likeness (QED) is 0.144. The summed E-state index contributed by atoms with van der Waals surface area (Å²) < 4.78 is 28.6. The molecule has 2 aliphatic heterocycles. The number of aliphatic hydroxyl groups excluding tert-OH is 5. The van der Waals surface area contributed by atoms with Crippen LogP contribution in [0.1, 0.15) is 106 Å². The maximum Gasteiger partial charge on any atom is 0.337 e. The van der Waals surface area contributed by atoms with Crippen molar-refractivity contribution in [2.45, 2.75) is 174 Å². The third-order valence-corrected chi connectivity index (χ3v) is 17.4. The van der Waals surface area contributed by atoms with E-state index in [1.54, 1.807) is 0 Å². The van der Waals surface area contributed by atoms with Crippen molar-refractivity contribution >= 4 is 23.7 Å². The van der Waals surface area contributed by atoms with E-state index in [0.717, 1.165) is 44.8 Å². The Morgan fingerprint density at radius 2 is 1.36 bits per heavy atom. The minimum Gasteiger partial charge on any atom is -0.481 e. The number of esters is 1. The summed E-state index contributed by atoms with van der Waals surface area (Å²) in [6.45, 7) is 15.0. The molecule has 0 spiro atoms. The number of carboxylic acid groups (broad SMARTS) is 2. The fourth-order valence-electron chi connectivity index (χ4n) is 13.5. The molecule has 16 nitrogen and oxygen atoms in total. The van der Waals surface area contributed by atoms with E-state index < -0.39 is 107 Å². The Morgan fingerprint density at radius 1 is 0.729 bits per heavy atom. The van der Waals surface area contributed by atoms with Crippen LogP contribution in [0.15, 0.2) is 11.6 Å². The fraction of sp³-hybridized carbons (Fsp3) is 0.860. The molecule has 0 radical (unpaired) electrons. The van der Waals surface area contributed by atoms with E-state index in [1.807, 2.05) is 26.8 Å². The average Bonchev–Trinajstić information content (AvgIpc) is 3.16. The Bertz CT molecular complexity index is 1750. The molecule has 2 saturated heterocycles. The molecule has 7 aliphatic rings. The van der Waals surface area contributed by atoms with Gasteiger partial charge in [0.15, 0.2) is 30.6 Å². The molecule has 5 aliphatic carbocycles. The van der Waals surface area contributed by atoms with Gasteiger partial charge in [0.25, 0.3) is 0 Å². The summed E-state index contributed by atoms with van der Waals surface area (Å²) in [6, 6.07) is 0. The highest BCUT2D eigenvalue weighted by Crippen LogP contribution is 2.75. The summed E-state index contributed by atoms with van der Waals surface area (Å²) in [7, 11) is 1.08. The Labute approximate surface area is 344 Å². The largest absolute Gasteiger partial charge is 0.481 e. The maximum absolute atomic E-state index is 14.9. The maximum atomic E-state index is 14.9. The molecule has 7 N–H and O–H groups in total. The van der Waals surface area contributed by atoms with Gasteiger partial charge in [-0.05, 0) is 110 Å². The molecular weight excluding hydrogens is 772 g/mol. The summed E-state index contributed by atoms with van der Waals surface area (Å²) in [5, 5.41) is 73.7. The molecule has 0 aromatic carbocycles. The van der Waals surface area contributed by atoms with Crippen LogP contribution >= 0.6 is 0 Å². The average molecular weight is 837 g/mol.